The molecule has 3 N–H and O–H groups in total. The third kappa shape index (κ3) is 3.90. The smallest absolute Gasteiger partial charge is 0.292 e. The van der Waals surface area contributed by atoms with Crippen molar-refractivity contribution in [1.29, 1.82) is 0 Å². The van der Waals surface area contributed by atoms with Gasteiger partial charge in [0.1, 0.15) is 5.69 Å². The molecule has 1 aliphatic rings. The van der Waals surface area contributed by atoms with Crippen LogP contribution in [-0.2, 0) is 14.8 Å². The largest absolute Gasteiger partial charge is 0.393 e. The first kappa shape index (κ1) is 15.7. The molecule has 1 fully saturated rings. The molecule has 1 unspecified atom stereocenters. The van der Waals surface area contributed by atoms with Gasteiger partial charge in [0, 0.05) is 19.2 Å². The summed E-state index contributed by atoms with van der Waals surface area (Å²) in [5, 5.41) is 10.7. The highest BCUT2D eigenvalue weighted by Crippen LogP contribution is 2.24. The molecule has 0 spiro atoms. The van der Waals surface area contributed by atoms with Crippen molar-refractivity contribution in [2.45, 2.75) is 17.7 Å². The third-order valence-corrected chi connectivity index (χ3v) is 4.74. The molecule has 9 heteroatoms. The Morgan fingerprint density at radius 2 is 2.24 bits per heavy atom. The number of nitrogens with zero attached hydrogens (tertiary/aromatic N) is 1. The second-order valence-corrected chi connectivity index (χ2v) is 6.68. The quantitative estimate of drug-likeness (QED) is 0.472. The summed E-state index contributed by atoms with van der Waals surface area (Å²) in [6.07, 6.45) is 1.82. The molecule has 0 aliphatic carbocycles. The Morgan fingerprint density at radius 1 is 1.48 bits per heavy atom. The Hall–Kier alpha value is -1.71. The summed E-state index contributed by atoms with van der Waals surface area (Å²) in [6.45, 7) is 1.52. The molecule has 1 aromatic rings. The van der Waals surface area contributed by atoms with Crippen molar-refractivity contribution in [3.8, 4) is 0 Å². The number of rotatable bonds is 5. The molecule has 1 heterocycles. The predicted octanol–water partition coefficient (Wildman–Crippen LogP) is 0.882. The first-order valence-electron chi connectivity index (χ1n) is 6.51. The predicted molar refractivity (Wildman–Crippen MR) is 76.2 cm³/mol. The zero-order chi connectivity index (χ0) is 15.5. The highest BCUT2D eigenvalue weighted by Gasteiger charge is 2.21. The van der Waals surface area contributed by atoms with E-state index in [4.69, 9.17) is 10.5 Å². The standard InChI is InChI=1S/C12H17N3O5S/c13-11-6-10(3-4-12(11)15(16)17)21(18,19)14-7-9-2-1-5-20-8-9/h3-4,6,9,14H,1-2,5,7-8,13H2. The number of hydrogen-bond donors (Lipinski definition) is 2. The minimum absolute atomic E-state index is 0.0812. The van der Waals surface area contributed by atoms with Crippen molar-refractivity contribution >= 4 is 21.4 Å². The van der Waals surface area contributed by atoms with Gasteiger partial charge < -0.3 is 10.5 Å². The zero-order valence-corrected chi connectivity index (χ0v) is 12.1. The van der Waals surface area contributed by atoms with Crippen LogP contribution in [0.25, 0.3) is 0 Å². The van der Waals surface area contributed by atoms with E-state index in [0.29, 0.717) is 13.2 Å². The minimum atomic E-state index is -3.73. The molecule has 0 bridgehead atoms. The van der Waals surface area contributed by atoms with Crippen molar-refractivity contribution in [1.82, 2.24) is 4.72 Å². The van der Waals surface area contributed by atoms with Gasteiger partial charge in [-0.25, -0.2) is 13.1 Å². The van der Waals surface area contributed by atoms with Crippen LogP contribution in [-0.4, -0.2) is 33.1 Å². The van der Waals surface area contributed by atoms with Gasteiger partial charge in [0.2, 0.25) is 10.0 Å². The van der Waals surface area contributed by atoms with Gasteiger partial charge in [-0.05, 0) is 30.9 Å². The highest BCUT2D eigenvalue weighted by atomic mass is 32.2. The van der Waals surface area contributed by atoms with E-state index in [-0.39, 0.29) is 28.7 Å². The molecule has 1 aliphatic heterocycles. The lowest BCUT2D eigenvalue weighted by Crippen LogP contribution is -2.33. The Morgan fingerprint density at radius 3 is 2.81 bits per heavy atom. The molecule has 116 valence electrons. The van der Waals surface area contributed by atoms with E-state index in [2.05, 4.69) is 4.72 Å². The van der Waals surface area contributed by atoms with Crippen LogP contribution < -0.4 is 10.5 Å². The molecular formula is C12H17N3O5S. The fraction of sp³-hybridized carbons (Fsp3) is 0.500. The van der Waals surface area contributed by atoms with Gasteiger partial charge in [-0.3, -0.25) is 10.1 Å². The first-order valence-corrected chi connectivity index (χ1v) is 8.00. The van der Waals surface area contributed by atoms with Crippen LogP contribution in [0.2, 0.25) is 0 Å². The third-order valence-electron chi connectivity index (χ3n) is 3.32. The maximum Gasteiger partial charge on any atom is 0.292 e. The van der Waals surface area contributed by atoms with Crippen LogP contribution in [0, 0.1) is 16.0 Å². The maximum absolute atomic E-state index is 12.1. The van der Waals surface area contributed by atoms with Gasteiger partial charge in [0.05, 0.1) is 16.4 Å². The summed E-state index contributed by atoms with van der Waals surface area (Å²) in [5.41, 5.74) is 5.02. The van der Waals surface area contributed by atoms with Gasteiger partial charge in [-0.2, -0.15) is 0 Å². The van der Waals surface area contributed by atoms with Crippen molar-refractivity contribution < 1.29 is 18.1 Å². The fourth-order valence-corrected chi connectivity index (χ4v) is 3.30. The van der Waals surface area contributed by atoms with E-state index in [9.17, 15) is 18.5 Å². The number of sulfonamides is 1. The summed E-state index contributed by atoms with van der Waals surface area (Å²) < 4.78 is 32.0. The van der Waals surface area contributed by atoms with Crippen LogP contribution >= 0.6 is 0 Å². The Kier molecular flexibility index (Phi) is 4.76. The number of nitrogens with two attached hydrogens (primary N) is 1. The average molecular weight is 315 g/mol. The second kappa shape index (κ2) is 6.37. The van der Waals surface area contributed by atoms with Gasteiger partial charge in [0.15, 0.2) is 0 Å². The lowest BCUT2D eigenvalue weighted by molar-refractivity contribution is -0.383. The number of hydrogen-bond acceptors (Lipinski definition) is 6. The van der Waals surface area contributed by atoms with E-state index >= 15 is 0 Å². The molecule has 1 atom stereocenters. The minimum Gasteiger partial charge on any atom is -0.393 e. The van der Waals surface area contributed by atoms with E-state index in [0.717, 1.165) is 25.0 Å². The molecular weight excluding hydrogens is 298 g/mol. The van der Waals surface area contributed by atoms with Crippen LogP contribution in [0.15, 0.2) is 23.1 Å². The lowest BCUT2D eigenvalue weighted by atomic mass is 10.0. The van der Waals surface area contributed by atoms with E-state index in [1.54, 1.807) is 0 Å². The molecule has 0 aromatic heterocycles. The maximum atomic E-state index is 12.1. The lowest BCUT2D eigenvalue weighted by Gasteiger charge is -2.22. The van der Waals surface area contributed by atoms with Crippen LogP contribution in [0.3, 0.4) is 0 Å². The number of ether oxygens (including phenoxy) is 1. The SMILES string of the molecule is Nc1cc(S(=O)(=O)NCC2CCCOC2)ccc1[N+](=O)[O-]. The van der Waals surface area contributed by atoms with E-state index in [1.807, 2.05) is 0 Å². The van der Waals surface area contributed by atoms with E-state index < -0.39 is 14.9 Å². The molecule has 0 amide bonds. The first-order chi connectivity index (χ1) is 9.90. The summed E-state index contributed by atoms with van der Waals surface area (Å²) in [5.74, 6) is 0.143. The summed E-state index contributed by atoms with van der Waals surface area (Å²) >= 11 is 0. The number of anilines is 1. The molecule has 1 saturated heterocycles. The van der Waals surface area contributed by atoms with Gasteiger partial charge in [-0.1, -0.05) is 0 Å². The number of nitrogen functional groups attached to an aromatic ring is 1. The molecule has 2 rings (SSSR count). The highest BCUT2D eigenvalue weighted by molar-refractivity contribution is 7.89. The van der Waals surface area contributed by atoms with Crippen molar-refractivity contribution in [2.75, 3.05) is 25.5 Å². The zero-order valence-electron chi connectivity index (χ0n) is 11.3. The van der Waals surface area contributed by atoms with Crippen LogP contribution in [0.5, 0.6) is 0 Å². The Bertz CT molecular complexity index is 626. The topological polar surface area (TPSA) is 125 Å². The Balaban J connectivity index is 2.08. The second-order valence-electron chi connectivity index (χ2n) is 4.91. The molecule has 8 nitrogen and oxygen atoms in total. The van der Waals surface area contributed by atoms with Crippen molar-refractivity contribution in [3.05, 3.63) is 28.3 Å². The Labute approximate surface area is 122 Å². The number of benzene rings is 1. The average Bonchev–Trinajstić information content (AvgIpc) is 2.46. The monoisotopic (exact) mass is 315 g/mol. The van der Waals surface area contributed by atoms with Gasteiger partial charge >= 0.3 is 0 Å². The molecule has 1 aromatic carbocycles. The fourth-order valence-electron chi connectivity index (χ4n) is 2.15. The van der Waals surface area contributed by atoms with E-state index in [1.165, 1.54) is 6.07 Å². The summed E-state index contributed by atoms with van der Waals surface area (Å²) in [7, 11) is -3.73. The number of nitro groups is 1. The van der Waals surface area contributed by atoms with Crippen LogP contribution in [0.4, 0.5) is 11.4 Å². The van der Waals surface area contributed by atoms with Crippen LogP contribution in [0.1, 0.15) is 12.8 Å². The van der Waals surface area contributed by atoms with Crippen molar-refractivity contribution in [3.63, 3.8) is 0 Å². The molecule has 0 saturated carbocycles. The van der Waals surface area contributed by atoms with Gasteiger partial charge in [-0.15, -0.1) is 0 Å². The molecule has 0 radical (unpaired) electrons. The summed E-state index contributed by atoms with van der Waals surface area (Å²) in [6, 6.07) is 3.36. The molecule has 21 heavy (non-hydrogen) atoms. The van der Waals surface area contributed by atoms with Gasteiger partial charge in [0.25, 0.3) is 5.69 Å². The normalized spacial score (nSPS) is 19.3. The number of nitro benzene ring substituents is 1. The summed E-state index contributed by atoms with van der Waals surface area (Å²) in [4.78, 5) is 9.93. The number of nitrogens with one attached hydrogen (secondary N) is 1. The van der Waals surface area contributed by atoms with Crippen molar-refractivity contribution in [2.24, 2.45) is 5.92 Å².